The van der Waals surface area contributed by atoms with E-state index >= 15 is 0 Å². The molecule has 6 rings (SSSR count). The molecule has 0 saturated heterocycles. The summed E-state index contributed by atoms with van der Waals surface area (Å²) < 4.78 is 8.65. The highest BCUT2D eigenvalue weighted by Gasteiger charge is 2.16. The van der Waals surface area contributed by atoms with Crippen molar-refractivity contribution in [1.82, 2.24) is 24.4 Å². The number of thiazole rings is 1. The van der Waals surface area contributed by atoms with Crippen LogP contribution in [0.3, 0.4) is 0 Å². The van der Waals surface area contributed by atoms with Gasteiger partial charge in [-0.2, -0.15) is 19.7 Å². The van der Waals surface area contributed by atoms with Gasteiger partial charge in [-0.05, 0) is 61.4 Å². The fraction of sp³-hybridized carbons (Fsp3) is 0.129. The molecule has 0 spiro atoms. The average Bonchev–Trinajstić information content (AvgIpc) is 3.52. The molecule has 0 aliphatic rings. The Morgan fingerprint density at radius 2 is 1.73 bits per heavy atom. The number of aryl methyl sites for hydroxylation is 2. The number of para-hydroxylation sites is 1. The SMILES string of the molecule is COc1ccc(Cc2nn3c(=O)/c(=C/c4cn(-c5ccccc5)nc4-c4cc(C)ccc4C)sc3nc2=O)cc1. The maximum atomic E-state index is 13.5. The van der Waals surface area contributed by atoms with Crippen molar-refractivity contribution >= 4 is 22.4 Å². The van der Waals surface area contributed by atoms with Gasteiger partial charge in [0.05, 0.1) is 17.3 Å². The van der Waals surface area contributed by atoms with Crippen molar-refractivity contribution in [2.45, 2.75) is 20.3 Å². The topological polar surface area (TPSA) is 91.4 Å². The zero-order valence-corrected chi connectivity index (χ0v) is 23.0. The first kappa shape index (κ1) is 25.4. The van der Waals surface area contributed by atoms with Gasteiger partial charge in [0.2, 0.25) is 4.96 Å². The quantitative estimate of drug-likeness (QED) is 0.312. The van der Waals surface area contributed by atoms with Gasteiger partial charge in [0.1, 0.15) is 17.1 Å². The molecule has 0 bridgehead atoms. The Morgan fingerprint density at radius 1 is 0.950 bits per heavy atom. The number of benzene rings is 3. The lowest BCUT2D eigenvalue weighted by Crippen LogP contribution is -2.28. The van der Waals surface area contributed by atoms with Gasteiger partial charge in [-0.15, -0.1) is 0 Å². The standard InChI is InChI=1S/C31H25N5O3S/c1-19-9-10-20(2)25(15-19)28-22(18-35(34-28)23-7-5-4-6-8-23)17-27-30(38)36-31(40-27)32-29(37)26(33-36)16-21-11-13-24(39-3)14-12-21/h4-15,17-18H,16H2,1-3H3/b27-17-. The van der Waals surface area contributed by atoms with Crippen molar-refractivity contribution in [3.05, 3.63) is 132 Å². The Bertz CT molecular complexity index is 2030. The molecule has 8 nitrogen and oxygen atoms in total. The van der Waals surface area contributed by atoms with E-state index in [0.29, 0.717) is 4.53 Å². The molecular formula is C31H25N5O3S. The maximum Gasteiger partial charge on any atom is 0.296 e. The Balaban J connectivity index is 1.48. The minimum absolute atomic E-state index is 0.206. The first-order valence-corrected chi connectivity index (χ1v) is 13.5. The smallest absolute Gasteiger partial charge is 0.296 e. The Morgan fingerprint density at radius 3 is 2.48 bits per heavy atom. The van der Waals surface area contributed by atoms with Crippen LogP contribution in [-0.2, 0) is 6.42 Å². The number of aromatic nitrogens is 5. The predicted octanol–water partition coefficient (Wildman–Crippen LogP) is 4.13. The summed E-state index contributed by atoms with van der Waals surface area (Å²) in [6, 6.07) is 23.4. The van der Waals surface area contributed by atoms with Gasteiger partial charge in [-0.1, -0.05) is 59.4 Å². The second kappa shape index (κ2) is 10.3. The molecule has 3 aromatic heterocycles. The van der Waals surface area contributed by atoms with Crippen LogP contribution in [0.2, 0.25) is 0 Å². The summed E-state index contributed by atoms with van der Waals surface area (Å²) in [6.07, 6.45) is 3.98. The largest absolute Gasteiger partial charge is 0.497 e. The van der Waals surface area contributed by atoms with E-state index in [1.165, 1.54) is 4.52 Å². The summed E-state index contributed by atoms with van der Waals surface area (Å²) >= 11 is 1.14. The van der Waals surface area contributed by atoms with E-state index in [0.717, 1.165) is 56.3 Å². The van der Waals surface area contributed by atoms with Gasteiger partial charge in [-0.25, -0.2) is 4.68 Å². The highest BCUT2D eigenvalue weighted by Crippen LogP contribution is 2.28. The van der Waals surface area contributed by atoms with Crippen LogP contribution in [0.4, 0.5) is 0 Å². The van der Waals surface area contributed by atoms with Crippen LogP contribution in [0, 0.1) is 13.8 Å². The molecule has 0 N–H and O–H groups in total. The third-order valence-electron chi connectivity index (χ3n) is 6.68. The highest BCUT2D eigenvalue weighted by molar-refractivity contribution is 7.15. The first-order chi connectivity index (χ1) is 19.4. The zero-order chi connectivity index (χ0) is 27.8. The molecule has 198 valence electrons. The van der Waals surface area contributed by atoms with Crippen LogP contribution in [0.1, 0.15) is 27.9 Å². The van der Waals surface area contributed by atoms with E-state index in [4.69, 9.17) is 9.84 Å². The molecule has 0 fully saturated rings. The second-order valence-electron chi connectivity index (χ2n) is 9.53. The van der Waals surface area contributed by atoms with Gasteiger partial charge >= 0.3 is 0 Å². The predicted molar refractivity (Wildman–Crippen MR) is 156 cm³/mol. The van der Waals surface area contributed by atoms with E-state index < -0.39 is 5.56 Å². The molecule has 0 atom stereocenters. The number of methoxy groups -OCH3 is 1. The molecule has 3 aromatic carbocycles. The minimum atomic E-state index is -0.448. The lowest BCUT2D eigenvalue weighted by atomic mass is 10.0. The highest BCUT2D eigenvalue weighted by atomic mass is 32.1. The third-order valence-corrected chi connectivity index (χ3v) is 7.64. The number of nitrogens with zero attached hydrogens (tertiary/aromatic N) is 5. The van der Waals surface area contributed by atoms with Crippen molar-refractivity contribution in [3.63, 3.8) is 0 Å². The van der Waals surface area contributed by atoms with Crippen molar-refractivity contribution in [3.8, 4) is 22.7 Å². The Kier molecular flexibility index (Phi) is 6.57. The van der Waals surface area contributed by atoms with E-state index in [2.05, 4.69) is 28.3 Å². The monoisotopic (exact) mass is 547 g/mol. The number of rotatable bonds is 6. The molecule has 0 radical (unpaired) electrons. The third kappa shape index (κ3) is 4.83. The van der Waals surface area contributed by atoms with Crippen molar-refractivity contribution in [2.75, 3.05) is 7.11 Å². The molecule has 0 unspecified atom stereocenters. The Hall–Kier alpha value is -4.89. The van der Waals surface area contributed by atoms with Gasteiger partial charge in [0, 0.05) is 23.7 Å². The van der Waals surface area contributed by atoms with E-state index in [-0.39, 0.29) is 22.6 Å². The van der Waals surface area contributed by atoms with Crippen molar-refractivity contribution in [2.24, 2.45) is 0 Å². The Labute approximate surface area is 233 Å². The minimum Gasteiger partial charge on any atom is -0.497 e. The summed E-state index contributed by atoms with van der Waals surface area (Å²) in [6.45, 7) is 4.09. The van der Waals surface area contributed by atoms with Crippen LogP contribution >= 0.6 is 11.3 Å². The summed E-state index contributed by atoms with van der Waals surface area (Å²) in [5.41, 5.74) is 5.92. The maximum absolute atomic E-state index is 13.5. The fourth-order valence-electron chi connectivity index (χ4n) is 4.54. The van der Waals surface area contributed by atoms with Gasteiger partial charge in [-0.3, -0.25) is 9.59 Å². The van der Waals surface area contributed by atoms with Gasteiger partial charge < -0.3 is 4.74 Å². The van der Waals surface area contributed by atoms with E-state index in [1.807, 2.05) is 79.3 Å². The van der Waals surface area contributed by atoms with Gasteiger partial charge in [0.25, 0.3) is 11.1 Å². The van der Waals surface area contributed by atoms with Crippen molar-refractivity contribution in [1.29, 1.82) is 0 Å². The number of hydrogen-bond donors (Lipinski definition) is 0. The summed E-state index contributed by atoms with van der Waals surface area (Å²) in [5.74, 6) is 0.720. The molecule has 3 heterocycles. The van der Waals surface area contributed by atoms with Gasteiger partial charge in [0.15, 0.2) is 0 Å². The normalized spacial score (nSPS) is 11.8. The molecule has 0 saturated carbocycles. The number of fused-ring (bicyclic) bond motifs is 1. The second-order valence-corrected chi connectivity index (χ2v) is 10.5. The molecule has 40 heavy (non-hydrogen) atoms. The van der Waals surface area contributed by atoms with Crippen LogP contribution in [-0.4, -0.2) is 31.5 Å². The molecule has 0 aliphatic heterocycles. The molecular weight excluding hydrogens is 522 g/mol. The lowest BCUT2D eigenvalue weighted by Gasteiger charge is -2.05. The molecule has 6 aromatic rings. The lowest BCUT2D eigenvalue weighted by molar-refractivity contribution is 0.414. The fourth-order valence-corrected chi connectivity index (χ4v) is 5.43. The number of ether oxygens (including phenoxy) is 1. The summed E-state index contributed by atoms with van der Waals surface area (Å²) in [4.78, 5) is 30.7. The van der Waals surface area contributed by atoms with Crippen LogP contribution in [0.5, 0.6) is 5.75 Å². The summed E-state index contributed by atoms with van der Waals surface area (Å²) in [7, 11) is 1.60. The van der Waals surface area contributed by atoms with Crippen LogP contribution in [0.15, 0.2) is 88.6 Å². The molecule has 9 heteroatoms. The van der Waals surface area contributed by atoms with Crippen molar-refractivity contribution < 1.29 is 4.74 Å². The average molecular weight is 548 g/mol. The number of hydrogen-bond acceptors (Lipinski definition) is 7. The van der Waals surface area contributed by atoms with Crippen LogP contribution < -0.4 is 20.4 Å². The molecule has 0 aliphatic carbocycles. The van der Waals surface area contributed by atoms with E-state index in [9.17, 15) is 9.59 Å². The zero-order valence-electron chi connectivity index (χ0n) is 22.2. The van der Waals surface area contributed by atoms with Crippen LogP contribution in [0.25, 0.3) is 28.0 Å². The van der Waals surface area contributed by atoms with E-state index in [1.54, 1.807) is 13.2 Å². The first-order valence-electron chi connectivity index (χ1n) is 12.7. The summed E-state index contributed by atoms with van der Waals surface area (Å²) in [5, 5.41) is 9.31. The molecule has 0 amide bonds.